The Labute approximate surface area is 204 Å². The number of aryl methyl sites for hydroxylation is 2. The number of benzene rings is 1. The summed E-state index contributed by atoms with van der Waals surface area (Å²) < 4.78 is 43.4. The van der Waals surface area contributed by atoms with E-state index >= 15 is 0 Å². The van der Waals surface area contributed by atoms with Crippen molar-refractivity contribution in [2.75, 3.05) is 26.2 Å². The van der Waals surface area contributed by atoms with Crippen molar-refractivity contribution in [3.05, 3.63) is 41.3 Å². The third kappa shape index (κ3) is 3.97. The van der Waals surface area contributed by atoms with E-state index in [4.69, 9.17) is 0 Å². The monoisotopic (exact) mass is 502 g/mol. The van der Waals surface area contributed by atoms with Crippen LogP contribution >= 0.6 is 0 Å². The summed E-state index contributed by atoms with van der Waals surface area (Å²) in [5, 5.41) is 11.3. The molecule has 36 heavy (non-hydrogen) atoms. The second-order valence-corrected chi connectivity index (χ2v) is 10.0. The Kier molecular flexibility index (Phi) is 5.23. The van der Waals surface area contributed by atoms with E-state index in [-0.39, 0.29) is 35.3 Å². The minimum Gasteiger partial charge on any atom is -0.406 e. The minimum atomic E-state index is -4.78. The Hall–Kier alpha value is -3.57. The molecule has 1 N–H and O–H groups in total. The molecule has 6 rings (SSSR count). The topological polar surface area (TPSA) is 96.4 Å². The van der Waals surface area contributed by atoms with Crippen molar-refractivity contribution in [2.24, 2.45) is 24.8 Å². The molecule has 3 atom stereocenters. The predicted molar refractivity (Wildman–Crippen MR) is 121 cm³/mol. The summed E-state index contributed by atoms with van der Waals surface area (Å²) >= 11 is 0. The second-order valence-electron chi connectivity index (χ2n) is 10.0. The highest BCUT2D eigenvalue weighted by Crippen LogP contribution is 2.35. The molecule has 2 aromatic heterocycles. The van der Waals surface area contributed by atoms with Gasteiger partial charge in [-0.15, -0.1) is 18.3 Å². The van der Waals surface area contributed by atoms with Gasteiger partial charge < -0.3 is 19.1 Å². The largest absolute Gasteiger partial charge is 0.573 e. The number of rotatable bonds is 3. The molecule has 2 aliphatic heterocycles. The van der Waals surface area contributed by atoms with E-state index in [0.717, 1.165) is 24.2 Å². The van der Waals surface area contributed by atoms with Crippen LogP contribution in [0.1, 0.15) is 28.3 Å². The number of alkyl halides is 3. The van der Waals surface area contributed by atoms with E-state index in [1.165, 1.54) is 18.2 Å². The van der Waals surface area contributed by atoms with E-state index < -0.39 is 6.36 Å². The van der Waals surface area contributed by atoms with Crippen LogP contribution in [0.3, 0.4) is 0 Å². The predicted octanol–water partition coefficient (Wildman–Crippen LogP) is 2.53. The fourth-order valence-corrected chi connectivity index (χ4v) is 5.99. The van der Waals surface area contributed by atoms with Crippen molar-refractivity contribution in [1.29, 1.82) is 0 Å². The van der Waals surface area contributed by atoms with Gasteiger partial charge in [-0.25, -0.2) is 0 Å². The molecule has 1 aromatic carbocycles. The number of nitrogens with one attached hydrogen (secondary N) is 1. The summed E-state index contributed by atoms with van der Waals surface area (Å²) in [6.07, 6.45) is -2.61. The lowest BCUT2D eigenvalue weighted by atomic mass is 9.89. The molecule has 0 radical (unpaired) electrons. The number of aromatic nitrogens is 4. The Morgan fingerprint density at radius 3 is 2.53 bits per heavy atom. The molecule has 4 heterocycles. The van der Waals surface area contributed by atoms with Crippen LogP contribution in [0.5, 0.6) is 5.75 Å². The zero-order valence-corrected chi connectivity index (χ0v) is 19.6. The molecule has 12 heteroatoms. The Bertz CT molecular complexity index is 1330. The van der Waals surface area contributed by atoms with Crippen LogP contribution in [-0.4, -0.2) is 74.1 Å². The Morgan fingerprint density at radius 2 is 1.81 bits per heavy atom. The lowest BCUT2D eigenvalue weighted by Gasteiger charge is -2.27. The van der Waals surface area contributed by atoms with Crippen molar-refractivity contribution < 1.29 is 27.5 Å². The zero-order valence-electron chi connectivity index (χ0n) is 19.6. The summed E-state index contributed by atoms with van der Waals surface area (Å²) in [6.45, 7) is 2.36. The molecule has 2 saturated heterocycles. The van der Waals surface area contributed by atoms with E-state index in [0.29, 0.717) is 49.2 Å². The molecular weight excluding hydrogens is 477 g/mol. The van der Waals surface area contributed by atoms with Crippen LogP contribution in [-0.2, 0) is 24.7 Å². The summed E-state index contributed by atoms with van der Waals surface area (Å²) in [5.41, 5.74) is 2.95. The fraction of sp³-hybridized carbons (Fsp3) is 0.500. The third-order valence-electron chi connectivity index (χ3n) is 7.79. The molecule has 1 aliphatic carbocycles. The lowest BCUT2D eigenvalue weighted by Crippen LogP contribution is -2.40. The lowest BCUT2D eigenvalue weighted by molar-refractivity contribution is -0.274. The smallest absolute Gasteiger partial charge is 0.406 e. The van der Waals surface area contributed by atoms with E-state index in [2.05, 4.69) is 20.1 Å². The average Bonchev–Trinajstić information content (AvgIpc) is 3.59. The van der Waals surface area contributed by atoms with Gasteiger partial charge in [-0.1, -0.05) is 5.21 Å². The van der Waals surface area contributed by atoms with Crippen LogP contribution in [0.4, 0.5) is 13.2 Å². The van der Waals surface area contributed by atoms with Crippen LogP contribution in [0, 0.1) is 17.8 Å². The quantitative estimate of drug-likeness (QED) is 0.594. The van der Waals surface area contributed by atoms with Crippen LogP contribution < -0.4 is 4.74 Å². The number of carbonyl (C=O) groups excluding carboxylic acids is 2. The number of aromatic amines is 1. The number of hydrogen-bond acceptors (Lipinski definition) is 5. The molecule has 2 fully saturated rings. The summed E-state index contributed by atoms with van der Waals surface area (Å²) in [7, 11) is 1.72. The molecule has 0 unspecified atom stereocenters. The standard InChI is InChI=1S/C24H25F3N6O3/c1-31-20-5-3-17(36-24(25,26)27)6-14(20)8-21(31)23(35)33-11-15-9-32(10-16(15)12-33)22(34)13-2-4-18-19(7-13)29-30-28-18/h3,5-6,8,13,15-16H,2,4,7,9-12H2,1H3,(H,28,29,30)/t13-,15+,16+/m1/s1. The van der Waals surface area contributed by atoms with Gasteiger partial charge in [0.25, 0.3) is 5.91 Å². The normalized spacial score (nSPS) is 23.7. The highest BCUT2D eigenvalue weighted by molar-refractivity contribution is 5.99. The van der Waals surface area contributed by atoms with Crippen LogP contribution in [0.25, 0.3) is 10.9 Å². The first kappa shape index (κ1) is 22.9. The SMILES string of the molecule is Cn1c(C(=O)N2C[C@@H]3CN(C(=O)[C@@H]4CCc5[nH]nnc5C4)C[C@H]3C2)cc2cc(OC(F)(F)F)ccc21. The van der Waals surface area contributed by atoms with Gasteiger partial charge in [0.15, 0.2) is 0 Å². The first-order chi connectivity index (χ1) is 17.2. The molecule has 0 spiro atoms. The Morgan fingerprint density at radius 1 is 1.08 bits per heavy atom. The highest BCUT2D eigenvalue weighted by atomic mass is 19.4. The van der Waals surface area contributed by atoms with Gasteiger partial charge in [-0.05, 0) is 37.1 Å². The maximum atomic E-state index is 13.3. The average molecular weight is 502 g/mol. The van der Waals surface area contributed by atoms with E-state index in [1.54, 1.807) is 22.6 Å². The molecule has 3 aromatic rings. The molecule has 3 aliphatic rings. The number of hydrogen-bond donors (Lipinski definition) is 1. The Balaban J connectivity index is 1.11. The van der Waals surface area contributed by atoms with E-state index in [1.807, 2.05) is 4.90 Å². The molecule has 9 nitrogen and oxygen atoms in total. The number of ether oxygens (including phenoxy) is 1. The first-order valence-corrected chi connectivity index (χ1v) is 12.0. The van der Waals surface area contributed by atoms with Crippen LogP contribution in [0.2, 0.25) is 0 Å². The van der Waals surface area contributed by atoms with Gasteiger partial charge in [0.05, 0.1) is 11.4 Å². The first-order valence-electron chi connectivity index (χ1n) is 12.0. The van der Waals surface area contributed by atoms with Crippen molar-refractivity contribution in [1.82, 2.24) is 29.8 Å². The van der Waals surface area contributed by atoms with Crippen molar-refractivity contribution in [3.8, 4) is 5.75 Å². The van der Waals surface area contributed by atoms with Crippen molar-refractivity contribution in [3.63, 3.8) is 0 Å². The fourth-order valence-electron chi connectivity index (χ4n) is 5.99. The van der Waals surface area contributed by atoms with E-state index in [9.17, 15) is 22.8 Å². The maximum absolute atomic E-state index is 13.3. The number of nitrogens with zero attached hydrogens (tertiary/aromatic N) is 5. The van der Waals surface area contributed by atoms with Crippen molar-refractivity contribution >= 4 is 22.7 Å². The molecule has 190 valence electrons. The summed E-state index contributed by atoms with van der Waals surface area (Å²) in [6, 6.07) is 5.65. The molecule has 0 saturated carbocycles. The molecule has 0 bridgehead atoms. The van der Waals surface area contributed by atoms with Gasteiger partial charge in [0.2, 0.25) is 5.91 Å². The third-order valence-corrected chi connectivity index (χ3v) is 7.79. The van der Waals surface area contributed by atoms with Gasteiger partial charge in [-0.2, -0.15) is 0 Å². The number of halogens is 3. The number of carbonyl (C=O) groups is 2. The van der Waals surface area contributed by atoms with Gasteiger partial charge in [0.1, 0.15) is 11.4 Å². The molecule has 2 amide bonds. The minimum absolute atomic E-state index is 0.0822. The highest BCUT2D eigenvalue weighted by Gasteiger charge is 2.45. The van der Waals surface area contributed by atoms with Gasteiger partial charge in [0, 0.05) is 68.3 Å². The molecular formula is C24H25F3N6O3. The van der Waals surface area contributed by atoms with Gasteiger partial charge >= 0.3 is 6.36 Å². The summed E-state index contributed by atoms with van der Waals surface area (Å²) in [5.74, 6) is 0.0155. The second kappa shape index (κ2) is 8.24. The maximum Gasteiger partial charge on any atom is 0.573 e. The van der Waals surface area contributed by atoms with Crippen LogP contribution in [0.15, 0.2) is 24.3 Å². The zero-order chi connectivity index (χ0) is 25.2. The van der Waals surface area contributed by atoms with Crippen molar-refractivity contribution in [2.45, 2.75) is 25.6 Å². The number of H-pyrrole nitrogens is 1. The summed E-state index contributed by atoms with van der Waals surface area (Å²) in [4.78, 5) is 30.2. The van der Waals surface area contributed by atoms with Gasteiger partial charge in [-0.3, -0.25) is 14.7 Å². The number of amides is 2. The number of likely N-dealkylation sites (tertiary alicyclic amines) is 2. The number of fused-ring (bicyclic) bond motifs is 3.